The van der Waals surface area contributed by atoms with Crippen LogP contribution in [0.5, 0.6) is 0 Å². The minimum Gasteiger partial charge on any atom is -0.388 e. The standard InChI is InChI=1S/C16H25N4O4P.C16H24N3O3PS.C15H24N5O4P.C15H23N4O3PS/c1-9-18-14-11(15(23)19(9)2)17-8-20(14)16-13(22)12(21)10(24-16)6-7-25(3,4)5;1-9-17-14-10(15(24)18-9)5-7-19(14)16-13(21)12(20)11(22-16)6-8-23(2,3)4;1-7-17-12-9(13(23)18-7)19-15(16)20(12)14-11(22)10(21)8(24-14)5-6-25(2,3)4;1-8-17-13-10(14(24)18-8)16-7-19(13)15-12(21)11(20)9(22-15)5-6-23(2,3)4/h8,10,12-13,16,21-22H,3,6-7H2,1-2,4-5H3;5,7,11-13,16,20-21H,2,6,8H2,1,3-4H3,(H,17,18,24);8,10-11,14,21-22H,2,5-6H2,1,3-4H3,(H2,16,19)(H,17,18,23);7,9,11-12,15,20-21H,2,5-6H2,1,3-4H3,(H,17,18,24)/t10-,12-,13-,16-;11-,12-,13-,16-;8-,10-,11-,14-;9-,11-,12-,15-/m1111/s1. The average molecular weight is 1480 g/mol. The molecule has 4 aliphatic heterocycles. The number of nitrogen functional groups attached to an aromatic ring is 1. The molecule has 540 valence electrons. The number of nitrogens with zero attached hydrogens (tertiary/aromatic N) is 12. The molecular formula is C62H96N16O14P4S2. The van der Waals surface area contributed by atoms with E-state index in [1.165, 1.54) is 20.0 Å². The van der Waals surface area contributed by atoms with Gasteiger partial charge in [0.1, 0.15) is 93.6 Å². The molecule has 0 bridgehead atoms. The molecule has 98 heavy (non-hydrogen) atoms. The first-order valence-corrected chi connectivity index (χ1v) is 45.0. The SMILES string of the molecule is C=P(C)(C)CC[C@H]1O[C@@H](n2c(N)nc3c(=O)[nH]c(C)nc32)[C@H](O)[C@@H]1O.C=P(C)(C)CC[C@H]1O[C@@H](n2ccc3c(=S)nc(C)[nH]c32)[C@H](O)[C@@H]1O.C=P(C)(C)CC[C@H]1O[C@@H](n2cnc3c(=O)n(C)c(C)nc32)[C@H](O)[C@@H]1O.C=P(C)(C)CC[C@H]1O[C@@H](n2cnc3c(=S)nc(C)[nH]c32)[C@H](O)[C@@H]1O. The molecule has 0 amide bonds. The number of aliphatic hydroxyl groups excluding tert-OH is 8. The van der Waals surface area contributed by atoms with Crippen molar-refractivity contribution in [1.29, 1.82) is 0 Å². The summed E-state index contributed by atoms with van der Waals surface area (Å²) in [6.45, 7) is 19.1. The highest BCUT2D eigenvalue weighted by molar-refractivity contribution is 7.73. The van der Waals surface area contributed by atoms with Crippen molar-refractivity contribution in [3.8, 4) is 0 Å². The molecule has 13 N–H and O–H groups in total. The molecule has 0 spiro atoms. The van der Waals surface area contributed by atoms with E-state index in [2.05, 4.69) is 128 Å². The molecule has 8 aromatic rings. The smallest absolute Gasteiger partial charge is 0.281 e. The molecule has 0 unspecified atom stereocenters. The van der Waals surface area contributed by atoms with Crippen molar-refractivity contribution in [3.05, 3.63) is 78.2 Å². The molecule has 0 radical (unpaired) electrons. The number of ether oxygens (including phenoxy) is 4. The monoisotopic (exact) mass is 1480 g/mol. The van der Waals surface area contributed by atoms with Gasteiger partial charge in [0.25, 0.3) is 11.1 Å². The third-order valence-electron chi connectivity index (χ3n) is 17.5. The summed E-state index contributed by atoms with van der Waals surface area (Å²) in [6.07, 6.45) is 14.3. The van der Waals surface area contributed by atoms with Crippen molar-refractivity contribution in [2.45, 2.75) is 152 Å². The van der Waals surface area contributed by atoms with E-state index in [0.29, 0.717) is 75.1 Å². The lowest BCUT2D eigenvalue weighted by Gasteiger charge is -2.19. The van der Waals surface area contributed by atoms with Crippen LogP contribution < -0.4 is 16.9 Å². The second-order valence-electron chi connectivity index (χ2n) is 28.6. The van der Waals surface area contributed by atoms with Gasteiger partial charge in [0.15, 0.2) is 51.9 Å². The lowest BCUT2D eigenvalue weighted by molar-refractivity contribution is -0.0353. The highest BCUT2D eigenvalue weighted by Gasteiger charge is 2.48. The Labute approximate surface area is 577 Å². The van der Waals surface area contributed by atoms with E-state index in [1.807, 2.05) is 13.0 Å². The molecule has 4 aliphatic rings. The average Bonchev–Trinajstić information content (AvgIpc) is 1.63. The van der Waals surface area contributed by atoms with E-state index in [-0.39, 0.29) is 28.2 Å². The minimum atomic E-state index is -1.28. The van der Waals surface area contributed by atoms with Crippen LogP contribution in [-0.2, 0) is 26.0 Å². The molecule has 16 atom stereocenters. The van der Waals surface area contributed by atoms with Crippen LogP contribution >= 0.6 is 52.0 Å². The number of hydrogen-bond donors (Lipinski definition) is 12. The first-order chi connectivity index (χ1) is 45.5. The van der Waals surface area contributed by atoms with Gasteiger partial charge in [0.2, 0.25) is 5.95 Å². The Bertz CT molecular complexity index is 4530. The fraction of sp³-hybridized carbons (Fsp3) is 0.597. The van der Waals surface area contributed by atoms with Gasteiger partial charge in [-0.05, 0) is 137 Å². The van der Waals surface area contributed by atoms with Crippen molar-refractivity contribution in [2.75, 3.05) is 83.7 Å². The van der Waals surface area contributed by atoms with Crippen molar-refractivity contribution >= 4 is 128 Å². The number of anilines is 1. The first kappa shape index (κ1) is 77.0. The summed E-state index contributed by atoms with van der Waals surface area (Å²) >= 11 is 10.5. The molecule has 0 aromatic carbocycles. The lowest BCUT2D eigenvalue weighted by atomic mass is 10.1. The number of aryl methyl sites for hydroxylation is 4. The molecule has 12 rings (SSSR count). The third-order valence-corrected chi connectivity index (χ3v) is 24.0. The zero-order chi connectivity index (χ0) is 72.3. The van der Waals surface area contributed by atoms with Crippen molar-refractivity contribution in [1.82, 2.24) is 72.7 Å². The van der Waals surface area contributed by atoms with Crippen LogP contribution in [0.1, 0.15) is 73.9 Å². The van der Waals surface area contributed by atoms with Gasteiger partial charge in [-0.1, -0.05) is 24.4 Å². The van der Waals surface area contributed by atoms with E-state index < -0.39 is 131 Å². The van der Waals surface area contributed by atoms with Gasteiger partial charge in [-0.2, -0.15) is 0 Å². The summed E-state index contributed by atoms with van der Waals surface area (Å²) < 4.78 is 32.4. The normalized spacial score (nSPS) is 27.6. The highest BCUT2D eigenvalue weighted by Crippen LogP contribution is 2.44. The Balaban J connectivity index is 0.000000153. The quantitative estimate of drug-likeness (QED) is 0.0486. The Hall–Kier alpha value is -5.17. The van der Waals surface area contributed by atoms with Gasteiger partial charge in [0, 0.05) is 13.2 Å². The summed E-state index contributed by atoms with van der Waals surface area (Å²) in [5, 5.41) is 84.0. The zero-order valence-electron chi connectivity index (χ0n) is 57.6. The summed E-state index contributed by atoms with van der Waals surface area (Å²) in [4.78, 5) is 62.6. The van der Waals surface area contributed by atoms with E-state index in [9.17, 15) is 50.4 Å². The molecule has 30 nitrogen and oxygen atoms in total. The Kier molecular flexibility index (Phi) is 23.6. The van der Waals surface area contributed by atoms with Crippen LogP contribution in [0, 0.1) is 37.0 Å². The number of aliphatic hydroxyl groups is 8. The Morgan fingerprint density at radius 1 is 0.500 bits per heavy atom. The number of rotatable bonds is 16. The molecule has 12 heterocycles. The van der Waals surface area contributed by atoms with Crippen LogP contribution in [0.4, 0.5) is 5.95 Å². The lowest BCUT2D eigenvalue weighted by Crippen LogP contribution is -2.32. The van der Waals surface area contributed by atoms with Crippen LogP contribution in [0.25, 0.3) is 44.5 Å². The summed E-state index contributed by atoms with van der Waals surface area (Å²) in [6, 6.07) is 1.85. The van der Waals surface area contributed by atoms with Crippen LogP contribution in [0.2, 0.25) is 0 Å². The number of imidazole rings is 3. The van der Waals surface area contributed by atoms with Gasteiger partial charge in [0.05, 0.1) is 42.5 Å². The summed E-state index contributed by atoms with van der Waals surface area (Å²) in [7, 11) is 1.63. The predicted octanol–water partition coefficient (Wildman–Crippen LogP) is 3.52. The number of nitrogens with one attached hydrogen (secondary N) is 3. The topological polar surface area (TPSA) is 421 Å². The van der Waals surface area contributed by atoms with E-state index in [1.54, 1.807) is 49.5 Å². The zero-order valence-corrected chi connectivity index (χ0v) is 62.8. The number of aromatic amines is 3. The van der Waals surface area contributed by atoms with E-state index >= 15 is 0 Å². The number of H-pyrrole nitrogens is 3. The molecule has 4 fully saturated rings. The predicted molar refractivity (Wildman–Crippen MR) is 397 cm³/mol. The molecule has 0 saturated carbocycles. The maximum Gasteiger partial charge on any atom is 0.281 e. The van der Waals surface area contributed by atoms with Crippen molar-refractivity contribution in [3.63, 3.8) is 0 Å². The fourth-order valence-corrected chi connectivity index (χ4v) is 16.4. The van der Waals surface area contributed by atoms with Gasteiger partial charge in [-0.25, -0.2) is 34.9 Å². The van der Waals surface area contributed by atoms with Crippen molar-refractivity contribution < 1.29 is 59.8 Å². The van der Waals surface area contributed by atoms with Crippen molar-refractivity contribution in [2.24, 2.45) is 7.05 Å². The Morgan fingerprint density at radius 3 is 1.38 bits per heavy atom. The third kappa shape index (κ3) is 17.3. The maximum absolute atomic E-state index is 12.3. The van der Waals surface area contributed by atoms with Gasteiger partial charge < -0.3 is 85.1 Å². The van der Waals surface area contributed by atoms with E-state index in [4.69, 9.17) is 49.1 Å². The summed E-state index contributed by atoms with van der Waals surface area (Å²) in [5.74, 6) is 2.28. The van der Waals surface area contributed by atoms with E-state index in [0.717, 1.165) is 35.7 Å². The van der Waals surface area contributed by atoms with Gasteiger partial charge in [-0.15, -0.1) is 52.7 Å². The number of fused-ring (bicyclic) bond motifs is 4. The van der Waals surface area contributed by atoms with Gasteiger partial charge >= 0.3 is 0 Å². The molecule has 36 heteroatoms. The second-order valence-corrected chi connectivity index (χ2v) is 46.6. The number of hydrogen-bond acceptors (Lipinski definition) is 24. The number of aromatic nitrogens is 15. The Morgan fingerprint density at radius 2 is 0.898 bits per heavy atom. The largest absolute Gasteiger partial charge is 0.388 e. The van der Waals surface area contributed by atoms with Gasteiger partial charge in [-0.3, -0.25) is 27.9 Å². The molecule has 4 saturated heterocycles. The molecule has 8 aromatic heterocycles. The molecular weight excluding hydrogens is 1380 g/mol. The van der Waals surface area contributed by atoms with Crippen LogP contribution in [0.3, 0.4) is 0 Å². The molecule has 0 aliphatic carbocycles. The minimum absolute atomic E-state index is 0.000452. The number of nitrogens with two attached hydrogens (primary N) is 1. The summed E-state index contributed by atoms with van der Waals surface area (Å²) in [5.41, 5.74) is 8.05. The maximum atomic E-state index is 12.3. The van der Waals surface area contributed by atoms with Crippen LogP contribution in [0.15, 0.2) is 34.5 Å². The first-order valence-electron chi connectivity index (χ1n) is 31.9. The van der Waals surface area contributed by atoms with Crippen LogP contribution in [-0.4, -0.2) is 290 Å². The fourth-order valence-electron chi connectivity index (χ4n) is 12.0. The second kappa shape index (κ2) is 30.0. The highest BCUT2D eigenvalue weighted by atomic mass is 32.1.